The molecule has 0 saturated carbocycles. The van der Waals surface area contributed by atoms with Crippen LogP contribution in [0.4, 0.5) is 5.69 Å². The smallest absolute Gasteiger partial charge is 0.338 e. The number of rotatable bonds is 7. The van der Waals surface area contributed by atoms with E-state index in [-0.39, 0.29) is 5.91 Å². The number of amides is 1. The maximum absolute atomic E-state index is 12.4. The molecule has 0 aliphatic heterocycles. The summed E-state index contributed by atoms with van der Waals surface area (Å²) in [6, 6.07) is 13.2. The lowest BCUT2D eigenvalue weighted by atomic mass is 10.1. The van der Waals surface area contributed by atoms with Gasteiger partial charge in [-0.05, 0) is 62.4 Å². The van der Waals surface area contributed by atoms with Crippen molar-refractivity contribution in [3.05, 3.63) is 64.7 Å². The molecule has 0 saturated heterocycles. The molecule has 0 aromatic heterocycles. The molecule has 0 aliphatic carbocycles. The first kappa shape index (κ1) is 19.7. The fourth-order valence-electron chi connectivity index (χ4n) is 2.71. The summed E-state index contributed by atoms with van der Waals surface area (Å²) in [7, 11) is 0. The molecule has 0 fully saturated rings. The lowest BCUT2D eigenvalue weighted by Crippen LogP contribution is -2.30. The number of hydrogen-bond donors (Lipinski definition) is 1. The van der Waals surface area contributed by atoms with Crippen LogP contribution in [0, 0.1) is 13.8 Å². The average molecular weight is 353 g/mol. The molecule has 1 atom stereocenters. The molecular formula is C22H27NO3. The highest BCUT2D eigenvalue weighted by molar-refractivity contribution is 5.98. The first-order valence-corrected chi connectivity index (χ1v) is 9.09. The lowest BCUT2D eigenvalue weighted by Gasteiger charge is -2.16. The Morgan fingerprint density at radius 3 is 2.23 bits per heavy atom. The fraction of sp³-hybridized carbons (Fsp3) is 0.364. The summed E-state index contributed by atoms with van der Waals surface area (Å²) < 4.78 is 5.32. The Balaban J connectivity index is 1.96. The Labute approximate surface area is 155 Å². The van der Waals surface area contributed by atoms with Crippen molar-refractivity contribution < 1.29 is 14.3 Å². The van der Waals surface area contributed by atoms with Crippen molar-refractivity contribution in [1.29, 1.82) is 0 Å². The molecule has 0 bridgehead atoms. The predicted molar refractivity (Wildman–Crippen MR) is 104 cm³/mol. The Hall–Kier alpha value is -2.62. The third-order valence-corrected chi connectivity index (χ3v) is 4.39. The van der Waals surface area contributed by atoms with Crippen molar-refractivity contribution in [3.63, 3.8) is 0 Å². The number of para-hydroxylation sites is 1. The fourth-order valence-corrected chi connectivity index (χ4v) is 2.71. The summed E-state index contributed by atoms with van der Waals surface area (Å²) in [5.74, 6) is -0.827. The number of aryl methyl sites for hydroxylation is 3. The number of esters is 1. The zero-order valence-corrected chi connectivity index (χ0v) is 16.0. The van der Waals surface area contributed by atoms with Crippen LogP contribution < -0.4 is 5.32 Å². The van der Waals surface area contributed by atoms with Crippen molar-refractivity contribution in [1.82, 2.24) is 0 Å². The lowest BCUT2D eigenvalue weighted by molar-refractivity contribution is -0.123. The average Bonchev–Trinajstić information content (AvgIpc) is 2.63. The van der Waals surface area contributed by atoms with Crippen molar-refractivity contribution in [2.75, 3.05) is 5.32 Å². The third kappa shape index (κ3) is 5.19. The van der Waals surface area contributed by atoms with Gasteiger partial charge in [-0.15, -0.1) is 0 Å². The van der Waals surface area contributed by atoms with Crippen molar-refractivity contribution in [3.8, 4) is 0 Å². The number of benzene rings is 2. The van der Waals surface area contributed by atoms with Gasteiger partial charge in [0, 0.05) is 5.69 Å². The topological polar surface area (TPSA) is 55.4 Å². The molecule has 0 heterocycles. The summed E-state index contributed by atoms with van der Waals surface area (Å²) in [5.41, 5.74) is 4.36. The van der Waals surface area contributed by atoms with E-state index in [4.69, 9.17) is 4.74 Å². The second-order valence-corrected chi connectivity index (χ2v) is 6.60. The summed E-state index contributed by atoms with van der Waals surface area (Å²) in [5, 5.41) is 2.85. The van der Waals surface area contributed by atoms with Crippen molar-refractivity contribution in [2.45, 2.75) is 53.1 Å². The maximum Gasteiger partial charge on any atom is 0.338 e. The zero-order chi connectivity index (χ0) is 19.1. The van der Waals surface area contributed by atoms with Gasteiger partial charge in [-0.2, -0.15) is 0 Å². The van der Waals surface area contributed by atoms with Crippen LogP contribution >= 0.6 is 0 Å². The number of carbonyl (C=O) groups excluding carboxylic acids is 2. The van der Waals surface area contributed by atoms with Crippen LogP contribution in [-0.2, 0) is 16.0 Å². The molecule has 0 radical (unpaired) electrons. The number of carbonyl (C=O) groups is 2. The molecule has 1 N–H and O–H groups in total. The van der Waals surface area contributed by atoms with Gasteiger partial charge in [-0.25, -0.2) is 4.79 Å². The highest BCUT2D eigenvalue weighted by Crippen LogP contribution is 2.20. The van der Waals surface area contributed by atoms with E-state index in [2.05, 4.69) is 12.2 Å². The standard InChI is InChI=1S/C22H27NO3/c1-5-6-10-18-11-13-19(14-12-18)22(25)26-17(4)21(24)23-20-15(2)8-7-9-16(20)3/h7-9,11-14,17H,5-6,10H2,1-4H3,(H,23,24)/t17-/m0/s1. The van der Waals surface area contributed by atoms with Crippen LogP contribution in [0.1, 0.15) is 53.7 Å². The number of ether oxygens (including phenoxy) is 1. The SMILES string of the molecule is CCCCc1ccc(C(=O)O[C@@H](C)C(=O)Nc2c(C)cccc2C)cc1. The van der Waals surface area contributed by atoms with Crippen LogP contribution in [0.25, 0.3) is 0 Å². The van der Waals surface area contributed by atoms with E-state index in [1.54, 1.807) is 19.1 Å². The summed E-state index contributed by atoms with van der Waals surface area (Å²) in [6.45, 7) is 7.59. The predicted octanol–water partition coefficient (Wildman–Crippen LogP) is 4.83. The van der Waals surface area contributed by atoms with E-state index in [1.807, 2.05) is 44.2 Å². The Kier molecular flexibility index (Phi) is 6.96. The zero-order valence-electron chi connectivity index (χ0n) is 16.0. The third-order valence-electron chi connectivity index (χ3n) is 4.39. The Morgan fingerprint density at radius 1 is 1.04 bits per heavy atom. The van der Waals surface area contributed by atoms with Gasteiger partial charge < -0.3 is 10.1 Å². The van der Waals surface area contributed by atoms with Crippen LogP contribution in [0.5, 0.6) is 0 Å². The van der Waals surface area contributed by atoms with Crippen LogP contribution in [0.15, 0.2) is 42.5 Å². The highest BCUT2D eigenvalue weighted by Gasteiger charge is 2.20. The molecule has 0 unspecified atom stereocenters. The van der Waals surface area contributed by atoms with E-state index in [1.165, 1.54) is 5.56 Å². The molecule has 4 nitrogen and oxygen atoms in total. The van der Waals surface area contributed by atoms with Crippen molar-refractivity contribution in [2.24, 2.45) is 0 Å². The van der Waals surface area contributed by atoms with Gasteiger partial charge in [0.25, 0.3) is 5.91 Å². The summed E-state index contributed by atoms with van der Waals surface area (Å²) in [4.78, 5) is 24.6. The normalized spacial score (nSPS) is 11.7. The molecule has 1 amide bonds. The van der Waals surface area contributed by atoms with Crippen molar-refractivity contribution >= 4 is 17.6 Å². The number of unbranched alkanes of at least 4 members (excludes halogenated alkanes) is 1. The number of nitrogens with one attached hydrogen (secondary N) is 1. The Morgan fingerprint density at radius 2 is 1.65 bits per heavy atom. The first-order valence-electron chi connectivity index (χ1n) is 9.09. The number of hydrogen-bond acceptors (Lipinski definition) is 3. The van der Waals surface area contributed by atoms with Gasteiger partial charge in [0.2, 0.25) is 0 Å². The van der Waals surface area contributed by atoms with Gasteiger partial charge in [-0.3, -0.25) is 4.79 Å². The minimum absolute atomic E-state index is 0.338. The molecule has 26 heavy (non-hydrogen) atoms. The largest absolute Gasteiger partial charge is 0.449 e. The van der Waals surface area contributed by atoms with Gasteiger partial charge in [0.05, 0.1) is 5.56 Å². The highest BCUT2D eigenvalue weighted by atomic mass is 16.5. The van der Waals surface area contributed by atoms with E-state index in [0.717, 1.165) is 36.1 Å². The molecule has 2 aromatic carbocycles. The Bertz CT molecular complexity index is 745. The summed E-state index contributed by atoms with van der Waals surface area (Å²) >= 11 is 0. The minimum Gasteiger partial charge on any atom is -0.449 e. The molecule has 2 aromatic rings. The molecule has 0 spiro atoms. The number of anilines is 1. The summed E-state index contributed by atoms with van der Waals surface area (Å²) in [6.07, 6.45) is 2.39. The second-order valence-electron chi connectivity index (χ2n) is 6.60. The molecule has 2 rings (SSSR count). The maximum atomic E-state index is 12.4. The monoisotopic (exact) mass is 353 g/mol. The first-order chi connectivity index (χ1) is 12.4. The minimum atomic E-state index is -0.874. The van der Waals surface area contributed by atoms with Crippen LogP contribution in [-0.4, -0.2) is 18.0 Å². The van der Waals surface area contributed by atoms with Crippen LogP contribution in [0.2, 0.25) is 0 Å². The molecule has 0 aliphatic rings. The quantitative estimate of drug-likeness (QED) is 0.725. The van der Waals surface area contributed by atoms with E-state index >= 15 is 0 Å². The molecular weight excluding hydrogens is 326 g/mol. The second kappa shape index (κ2) is 9.18. The molecule has 4 heteroatoms. The van der Waals surface area contributed by atoms with Gasteiger partial charge in [-0.1, -0.05) is 43.7 Å². The van der Waals surface area contributed by atoms with Gasteiger partial charge in [0.1, 0.15) is 0 Å². The van der Waals surface area contributed by atoms with Gasteiger partial charge >= 0.3 is 5.97 Å². The van der Waals surface area contributed by atoms with E-state index in [0.29, 0.717) is 5.56 Å². The van der Waals surface area contributed by atoms with Gasteiger partial charge in [0.15, 0.2) is 6.10 Å². The van der Waals surface area contributed by atoms with Crippen LogP contribution in [0.3, 0.4) is 0 Å². The van der Waals surface area contributed by atoms with E-state index in [9.17, 15) is 9.59 Å². The van der Waals surface area contributed by atoms with E-state index < -0.39 is 12.1 Å². The molecule has 138 valence electrons.